The number of hydrogen-bond acceptors (Lipinski definition) is 4. The Bertz CT molecular complexity index is 525. The van der Waals surface area contributed by atoms with E-state index in [0.717, 1.165) is 31.0 Å². The number of ether oxygens (including phenoxy) is 2. The molecule has 0 aliphatic rings. The number of aromatic nitrogens is 2. The second kappa shape index (κ2) is 7.99. The fourth-order valence-corrected chi connectivity index (χ4v) is 2.20. The minimum Gasteiger partial charge on any atom is -0.382 e. The third-order valence-electron chi connectivity index (χ3n) is 3.19. The van der Waals surface area contributed by atoms with E-state index in [0.29, 0.717) is 19.8 Å². The molecular weight excluding hydrogens is 254 g/mol. The van der Waals surface area contributed by atoms with Crippen molar-refractivity contribution in [1.29, 1.82) is 0 Å². The number of hydrogen-bond donors (Lipinski definition) is 1. The maximum absolute atomic E-state index is 5.41. The topological polar surface area (TPSA) is 48.3 Å². The first-order valence-corrected chi connectivity index (χ1v) is 7.08. The average molecular weight is 277 g/mol. The number of benzene rings is 1. The summed E-state index contributed by atoms with van der Waals surface area (Å²) in [5.41, 5.74) is 2.26. The van der Waals surface area contributed by atoms with Crippen LogP contribution in [0.1, 0.15) is 12.7 Å². The van der Waals surface area contributed by atoms with Crippen molar-refractivity contribution in [3.63, 3.8) is 0 Å². The van der Waals surface area contributed by atoms with E-state index in [1.54, 1.807) is 7.11 Å². The molecule has 5 nitrogen and oxygen atoms in total. The van der Waals surface area contributed by atoms with Crippen LogP contribution in [-0.4, -0.2) is 43.0 Å². The second-order valence-corrected chi connectivity index (χ2v) is 4.54. The predicted octanol–water partition coefficient (Wildman–Crippen LogP) is 1.81. The number of aryl methyl sites for hydroxylation is 1. The average Bonchev–Trinajstić information content (AvgIpc) is 2.83. The highest BCUT2D eigenvalue weighted by Crippen LogP contribution is 2.15. The van der Waals surface area contributed by atoms with Crippen LogP contribution in [0.4, 0.5) is 0 Å². The molecule has 110 valence electrons. The molecule has 1 aromatic heterocycles. The number of rotatable bonds is 9. The van der Waals surface area contributed by atoms with E-state index < -0.39 is 0 Å². The Kier molecular flexibility index (Phi) is 5.98. The number of fused-ring (bicyclic) bond motifs is 1. The van der Waals surface area contributed by atoms with E-state index in [1.165, 1.54) is 5.52 Å². The van der Waals surface area contributed by atoms with E-state index in [-0.39, 0.29) is 0 Å². The smallest absolute Gasteiger partial charge is 0.123 e. The molecule has 0 saturated carbocycles. The Morgan fingerprint density at radius 2 is 2.05 bits per heavy atom. The van der Waals surface area contributed by atoms with Gasteiger partial charge in [-0.1, -0.05) is 12.1 Å². The number of nitrogens with zero attached hydrogens (tertiary/aromatic N) is 2. The van der Waals surface area contributed by atoms with Crippen molar-refractivity contribution in [3.8, 4) is 0 Å². The van der Waals surface area contributed by atoms with Gasteiger partial charge in [-0.25, -0.2) is 4.98 Å². The number of para-hydroxylation sites is 2. The summed E-state index contributed by atoms with van der Waals surface area (Å²) in [5, 5.41) is 3.37. The fourth-order valence-electron chi connectivity index (χ4n) is 2.20. The Hall–Kier alpha value is -1.43. The molecule has 20 heavy (non-hydrogen) atoms. The van der Waals surface area contributed by atoms with Gasteiger partial charge in [0.2, 0.25) is 0 Å². The highest BCUT2D eigenvalue weighted by molar-refractivity contribution is 5.75. The summed E-state index contributed by atoms with van der Waals surface area (Å²) in [6.45, 7) is 6.63. The van der Waals surface area contributed by atoms with Crippen molar-refractivity contribution in [2.75, 3.05) is 33.5 Å². The van der Waals surface area contributed by atoms with E-state index in [1.807, 2.05) is 6.07 Å². The van der Waals surface area contributed by atoms with E-state index in [4.69, 9.17) is 9.47 Å². The lowest BCUT2D eigenvalue weighted by molar-refractivity contribution is 0.0718. The molecular formula is C15H23N3O2. The summed E-state index contributed by atoms with van der Waals surface area (Å²) in [4.78, 5) is 4.67. The van der Waals surface area contributed by atoms with Gasteiger partial charge in [0, 0.05) is 20.2 Å². The Balaban J connectivity index is 1.83. The molecule has 0 amide bonds. The van der Waals surface area contributed by atoms with Gasteiger partial charge in [0.05, 0.1) is 37.4 Å². The molecule has 0 atom stereocenters. The third-order valence-corrected chi connectivity index (χ3v) is 3.19. The summed E-state index contributed by atoms with van der Waals surface area (Å²) >= 11 is 0. The van der Waals surface area contributed by atoms with Gasteiger partial charge < -0.3 is 19.4 Å². The Labute approximate surface area is 119 Å². The van der Waals surface area contributed by atoms with Crippen LogP contribution in [0.15, 0.2) is 24.3 Å². The van der Waals surface area contributed by atoms with Gasteiger partial charge in [0.15, 0.2) is 0 Å². The van der Waals surface area contributed by atoms with E-state index in [2.05, 4.69) is 40.0 Å². The molecule has 0 fully saturated rings. The van der Waals surface area contributed by atoms with Gasteiger partial charge in [0.1, 0.15) is 5.82 Å². The van der Waals surface area contributed by atoms with Crippen molar-refractivity contribution in [1.82, 2.24) is 14.9 Å². The molecule has 1 N–H and O–H groups in total. The summed E-state index contributed by atoms with van der Waals surface area (Å²) in [6.07, 6.45) is 0. The van der Waals surface area contributed by atoms with Crippen LogP contribution < -0.4 is 5.32 Å². The highest BCUT2D eigenvalue weighted by atomic mass is 16.5. The first kappa shape index (κ1) is 15.0. The summed E-state index contributed by atoms with van der Waals surface area (Å²) in [6, 6.07) is 8.25. The van der Waals surface area contributed by atoms with Crippen molar-refractivity contribution in [2.45, 2.75) is 20.0 Å². The number of imidazole rings is 1. The molecule has 0 unspecified atom stereocenters. The first-order chi connectivity index (χ1) is 9.86. The zero-order valence-electron chi connectivity index (χ0n) is 12.3. The maximum Gasteiger partial charge on any atom is 0.123 e. The molecule has 0 aliphatic heterocycles. The normalized spacial score (nSPS) is 11.3. The minimum atomic E-state index is 0.644. The van der Waals surface area contributed by atoms with Crippen LogP contribution in [0.2, 0.25) is 0 Å². The van der Waals surface area contributed by atoms with Gasteiger partial charge in [-0.15, -0.1) is 0 Å². The second-order valence-electron chi connectivity index (χ2n) is 4.54. The van der Waals surface area contributed by atoms with Gasteiger partial charge in [-0.3, -0.25) is 0 Å². The zero-order chi connectivity index (χ0) is 14.2. The van der Waals surface area contributed by atoms with Gasteiger partial charge in [-0.05, 0) is 19.1 Å². The monoisotopic (exact) mass is 277 g/mol. The van der Waals surface area contributed by atoms with Gasteiger partial charge in [0.25, 0.3) is 0 Å². The van der Waals surface area contributed by atoms with E-state index in [9.17, 15) is 0 Å². The maximum atomic E-state index is 5.41. The van der Waals surface area contributed by atoms with E-state index >= 15 is 0 Å². The van der Waals surface area contributed by atoms with Crippen molar-refractivity contribution in [2.24, 2.45) is 0 Å². The molecule has 0 bridgehead atoms. The Morgan fingerprint density at radius 3 is 2.85 bits per heavy atom. The van der Waals surface area contributed by atoms with Crippen LogP contribution >= 0.6 is 0 Å². The highest BCUT2D eigenvalue weighted by Gasteiger charge is 2.07. The SMILES string of the molecule is CCn1c(CNCCOCCOC)nc2ccccc21. The third kappa shape index (κ3) is 3.79. The summed E-state index contributed by atoms with van der Waals surface area (Å²) < 4.78 is 12.6. The van der Waals surface area contributed by atoms with Crippen LogP contribution in [0.5, 0.6) is 0 Å². The quantitative estimate of drug-likeness (QED) is 0.710. The van der Waals surface area contributed by atoms with Crippen LogP contribution in [0, 0.1) is 0 Å². The molecule has 0 saturated heterocycles. The largest absolute Gasteiger partial charge is 0.382 e. The van der Waals surface area contributed by atoms with Gasteiger partial charge >= 0.3 is 0 Å². The lowest BCUT2D eigenvalue weighted by atomic mass is 10.3. The predicted molar refractivity (Wildman–Crippen MR) is 79.8 cm³/mol. The van der Waals surface area contributed by atoms with Gasteiger partial charge in [-0.2, -0.15) is 0 Å². The number of nitrogens with one attached hydrogen (secondary N) is 1. The molecule has 0 spiro atoms. The molecule has 5 heteroatoms. The molecule has 1 aromatic carbocycles. The molecule has 0 radical (unpaired) electrons. The first-order valence-electron chi connectivity index (χ1n) is 7.08. The van der Waals surface area contributed by atoms with Crippen molar-refractivity contribution in [3.05, 3.63) is 30.1 Å². The molecule has 2 aromatic rings. The summed E-state index contributed by atoms with van der Waals surface area (Å²) in [5.74, 6) is 1.07. The molecule has 0 aliphatic carbocycles. The lowest BCUT2D eigenvalue weighted by Crippen LogP contribution is -2.22. The van der Waals surface area contributed by atoms with Crippen LogP contribution in [0.25, 0.3) is 11.0 Å². The molecule has 2 rings (SSSR count). The fraction of sp³-hybridized carbons (Fsp3) is 0.533. The van der Waals surface area contributed by atoms with Crippen molar-refractivity contribution < 1.29 is 9.47 Å². The van der Waals surface area contributed by atoms with Crippen LogP contribution in [-0.2, 0) is 22.6 Å². The standard InChI is InChI=1S/C15H23N3O2/c1-3-18-14-7-5-4-6-13(14)17-15(18)12-16-8-9-20-11-10-19-2/h4-7,16H,3,8-12H2,1-2H3. The van der Waals surface area contributed by atoms with Crippen molar-refractivity contribution >= 4 is 11.0 Å². The molecule has 1 heterocycles. The minimum absolute atomic E-state index is 0.644. The summed E-state index contributed by atoms with van der Waals surface area (Å²) in [7, 11) is 1.68. The lowest BCUT2D eigenvalue weighted by Gasteiger charge is -2.08. The number of methoxy groups -OCH3 is 1. The van der Waals surface area contributed by atoms with Crippen LogP contribution in [0.3, 0.4) is 0 Å². The Morgan fingerprint density at radius 1 is 1.20 bits per heavy atom. The zero-order valence-corrected chi connectivity index (χ0v) is 12.3.